The Kier molecular flexibility index (Phi) is 4.71. The molecule has 2 amide bonds. The van der Waals surface area contributed by atoms with E-state index in [1.807, 2.05) is 18.2 Å². The molecule has 1 fully saturated rings. The fraction of sp³-hybridized carbons (Fsp3) is 0.353. The smallest absolute Gasteiger partial charge is 0.257 e. The third kappa shape index (κ3) is 3.77. The SMILES string of the molecule is O=C(NCc1ccccn1)C1CCN(C(=O)c2ccoc2)CC1. The molecular weight excluding hydrogens is 294 g/mol. The van der Waals surface area contributed by atoms with Crippen LogP contribution >= 0.6 is 0 Å². The van der Waals surface area contributed by atoms with Crippen molar-refractivity contribution in [3.63, 3.8) is 0 Å². The van der Waals surface area contributed by atoms with E-state index in [1.165, 1.54) is 12.5 Å². The van der Waals surface area contributed by atoms with Gasteiger partial charge in [-0.25, -0.2) is 0 Å². The number of furan rings is 1. The molecule has 0 saturated carbocycles. The number of carbonyl (C=O) groups excluding carboxylic acids is 2. The lowest BCUT2D eigenvalue weighted by Gasteiger charge is -2.31. The van der Waals surface area contributed by atoms with Crippen LogP contribution in [0.15, 0.2) is 47.4 Å². The summed E-state index contributed by atoms with van der Waals surface area (Å²) in [6, 6.07) is 7.28. The first-order valence-corrected chi connectivity index (χ1v) is 7.73. The summed E-state index contributed by atoms with van der Waals surface area (Å²) in [5.74, 6) is -0.0516. The van der Waals surface area contributed by atoms with Crippen molar-refractivity contribution in [3.05, 3.63) is 54.2 Å². The summed E-state index contributed by atoms with van der Waals surface area (Å²) in [4.78, 5) is 30.4. The number of hydrogen-bond acceptors (Lipinski definition) is 4. The molecule has 0 spiro atoms. The van der Waals surface area contributed by atoms with E-state index in [2.05, 4.69) is 10.3 Å². The van der Waals surface area contributed by atoms with Gasteiger partial charge in [0.05, 0.1) is 24.1 Å². The first-order chi connectivity index (χ1) is 11.2. The quantitative estimate of drug-likeness (QED) is 0.934. The maximum absolute atomic E-state index is 12.2. The van der Waals surface area contributed by atoms with Crippen molar-refractivity contribution >= 4 is 11.8 Å². The molecule has 2 aromatic heterocycles. The predicted octanol–water partition coefficient (Wildman–Crippen LogP) is 1.84. The second-order valence-electron chi connectivity index (χ2n) is 5.62. The summed E-state index contributed by atoms with van der Waals surface area (Å²) in [6.07, 6.45) is 6.01. The Morgan fingerprint density at radius 1 is 1.26 bits per heavy atom. The Morgan fingerprint density at radius 3 is 2.74 bits per heavy atom. The van der Waals surface area contributed by atoms with E-state index in [1.54, 1.807) is 17.2 Å². The lowest BCUT2D eigenvalue weighted by molar-refractivity contribution is -0.126. The van der Waals surface area contributed by atoms with Crippen molar-refractivity contribution in [1.29, 1.82) is 0 Å². The Labute approximate surface area is 134 Å². The lowest BCUT2D eigenvalue weighted by atomic mass is 9.95. The van der Waals surface area contributed by atoms with Gasteiger partial charge in [0.2, 0.25) is 5.91 Å². The first kappa shape index (κ1) is 15.3. The van der Waals surface area contributed by atoms with Crippen molar-refractivity contribution in [2.24, 2.45) is 5.92 Å². The fourth-order valence-electron chi connectivity index (χ4n) is 2.74. The van der Waals surface area contributed by atoms with Crippen molar-refractivity contribution in [3.8, 4) is 0 Å². The van der Waals surface area contributed by atoms with Gasteiger partial charge in [-0.3, -0.25) is 14.6 Å². The molecular formula is C17H19N3O3. The third-order valence-electron chi connectivity index (χ3n) is 4.09. The predicted molar refractivity (Wildman–Crippen MR) is 83.4 cm³/mol. The molecule has 3 heterocycles. The highest BCUT2D eigenvalue weighted by Gasteiger charge is 2.28. The fourth-order valence-corrected chi connectivity index (χ4v) is 2.74. The van der Waals surface area contributed by atoms with Crippen LogP contribution in [-0.4, -0.2) is 34.8 Å². The number of piperidine rings is 1. The highest BCUT2D eigenvalue weighted by atomic mass is 16.3. The summed E-state index contributed by atoms with van der Waals surface area (Å²) in [6.45, 7) is 1.62. The minimum atomic E-state index is -0.0490. The number of nitrogens with one attached hydrogen (secondary N) is 1. The minimum Gasteiger partial charge on any atom is -0.472 e. The standard InChI is InChI=1S/C17H19N3O3/c21-16(19-11-15-3-1-2-7-18-15)13-4-8-20(9-5-13)17(22)14-6-10-23-12-14/h1-3,6-7,10,12-13H,4-5,8-9,11H2,(H,19,21). The highest BCUT2D eigenvalue weighted by molar-refractivity contribution is 5.94. The maximum atomic E-state index is 12.2. The maximum Gasteiger partial charge on any atom is 0.257 e. The van der Waals surface area contributed by atoms with Crippen LogP contribution < -0.4 is 5.32 Å². The number of pyridine rings is 1. The van der Waals surface area contributed by atoms with Crippen LogP contribution in [0.2, 0.25) is 0 Å². The normalized spacial score (nSPS) is 15.4. The molecule has 1 N–H and O–H groups in total. The number of aromatic nitrogens is 1. The van der Waals surface area contributed by atoms with Crippen LogP contribution in [0.4, 0.5) is 0 Å². The molecule has 0 atom stereocenters. The molecule has 6 heteroatoms. The van der Waals surface area contributed by atoms with E-state index in [4.69, 9.17) is 4.42 Å². The Balaban J connectivity index is 1.47. The summed E-state index contributed by atoms with van der Waals surface area (Å²) in [5, 5.41) is 2.92. The number of amides is 2. The van der Waals surface area contributed by atoms with Crippen LogP contribution in [0.1, 0.15) is 28.9 Å². The van der Waals surface area contributed by atoms with Gasteiger partial charge in [0.15, 0.2) is 0 Å². The molecule has 6 nitrogen and oxygen atoms in total. The monoisotopic (exact) mass is 313 g/mol. The van der Waals surface area contributed by atoms with Crippen molar-refractivity contribution in [2.45, 2.75) is 19.4 Å². The van der Waals surface area contributed by atoms with Gasteiger partial charge in [0.1, 0.15) is 6.26 Å². The largest absolute Gasteiger partial charge is 0.472 e. The second-order valence-corrected chi connectivity index (χ2v) is 5.62. The van der Waals surface area contributed by atoms with E-state index >= 15 is 0 Å². The number of carbonyl (C=O) groups is 2. The zero-order chi connectivity index (χ0) is 16.1. The van der Waals surface area contributed by atoms with Gasteiger partial charge in [-0.15, -0.1) is 0 Å². The minimum absolute atomic E-state index is 0.0334. The van der Waals surface area contributed by atoms with E-state index < -0.39 is 0 Å². The average Bonchev–Trinajstić information content (AvgIpc) is 3.15. The number of rotatable bonds is 4. The molecule has 120 valence electrons. The number of nitrogens with zero attached hydrogens (tertiary/aromatic N) is 2. The molecule has 0 aromatic carbocycles. The van der Waals surface area contributed by atoms with Gasteiger partial charge in [-0.05, 0) is 31.0 Å². The zero-order valence-corrected chi connectivity index (χ0v) is 12.8. The molecule has 1 saturated heterocycles. The molecule has 0 bridgehead atoms. The molecule has 0 radical (unpaired) electrons. The topological polar surface area (TPSA) is 75.4 Å². The zero-order valence-electron chi connectivity index (χ0n) is 12.8. The average molecular weight is 313 g/mol. The Hall–Kier alpha value is -2.63. The van der Waals surface area contributed by atoms with E-state index in [0.29, 0.717) is 38.0 Å². The molecule has 1 aliphatic rings. The lowest BCUT2D eigenvalue weighted by Crippen LogP contribution is -2.42. The highest BCUT2D eigenvalue weighted by Crippen LogP contribution is 2.19. The third-order valence-corrected chi connectivity index (χ3v) is 4.09. The molecule has 1 aliphatic heterocycles. The summed E-state index contributed by atoms with van der Waals surface area (Å²) in [5.41, 5.74) is 1.40. The molecule has 2 aromatic rings. The van der Waals surface area contributed by atoms with Gasteiger partial charge in [0.25, 0.3) is 5.91 Å². The van der Waals surface area contributed by atoms with E-state index in [0.717, 1.165) is 5.69 Å². The van der Waals surface area contributed by atoms with Crippen LogP contribution in [0, 0.1) is 5.92 Å². The van der Waals surface area contributed by atoms with Crippen LogP contribution in [0.25, 0.3) is 0 Å². The van der Waals surface area contributed by atoms with E-state index in [-0.39, 0.29) is 17.7 Å². The summed E-state index contributed by atoms with van der Waals surface area (Å²) in [7, 11) is 0. The van der Waals surface area contributed by atoms with Gasteiger partial charge in [-0.2, -0.15) is 0 Å². The molecule has 0 aliphatic carbocycles. The van der Waals surface area contributed by atoms with Crippen molar-refractivity contribution < 1.29 is 14.0 Å². The van der Waals surface area contributed by atoms with Gasteiger partial charge >= 0.3 is 0 Å². The van der Waals surface area contributed by atoms with Crippen LogP contribution in [0.3, 0.4) is 0 Å². The van der Waals surface area contributed by atoms with Gasteiger partial charge in [-0.1, -0.05) is 6.07 Å². The molecule has 0 unspecified atom stereocenters. The summed E-state index contributed by atoms with van der Waals surface area (Å²) >= 11 is 0. The number of hydrogen-bond donors (Lipinski definition) is 1. The molecule has 3 rings (SSSR count). The Morgan fingerprint density at radius 2 is 2.09 bits per heavy atom. The van der Waals surface area contributed by atoms with E-state index in [9.17, 15) is 9.59 Å². The van der Waals surface area contributed by atoms with Crippen molar-refractivity contribution in [1.82, 2.24) is 15.2 Å². The molecule has 23 heavy (non-hydrogen) atoms. The number of likely N-dealkylation sites (tertiary alicyclic amines) is 1. The van der Waals surface area contributed by atoms with Gasteiger partial charge in [0, 0.05) is 25.2 Å². The van der Waals surface area contributed by atoms with Crippen LogP contribution in [0.5, 0.6) is 0 Å². The summed E-state index contributed by atoms with van der Waals surface area (Å²) < 4.78 is 4.94. The Bertz CT molecular complexity index is 647. The van der Waals surface area contributed by atoms with Crippen molar-refractivity contribution in [2.75, 3.05) is 13.1 Å². The first-order valence-electron chi connectivity index (χ1n) is 7.73. The second kappa shape index (κ2) is 7.09. The van der Waals surface area contributed by atoms with Crippen LogP contribution in [-0.2, 0) is 11.3 Å². The van der Waals surface area contributed by atoms with Gasteiger partial charge < -0.3 is 14.6 Å².